The second kappa shape index (κ2) is 8.41. The van der Waals surface area contributed by atoms with Crippen molar-refractivity contribution in [1.82, 2.24) is 10.7 Å². The van der Waals surface area contributed by atoms with Gasteiger partial charge in [-0.25, -0.2) is 10.2 Å². The van der Waals surface area contributed by atoms with Gasteiger partial charge in [0.2, 0.25) is 0 Å². The van der Waals surface area contributed by atoms with Crippen LogP contribution in [0.3, 0.4) is 0 Å². The lowest BCUT2D eigenvalue weighted by molar-refractivity contribution is -0.123. The summed E-state index contributed by atoms with van der Waals surface area (Å²) in [5.41, 5.74) is 7.64. The monoisotopic (exact) mass is 294 g/mol. The minimum absolute atomic E-state index is 0.0964. The highest BCUT2D eigenvalue weighted by Crippen LogP contribution is 2.27. The molecular formula is C13H18N4O4. The van der Waals surface area contributed by atoms with Crippen molar-refractivity contribution >= 4 is 18.2 Å². The van der Waals surface area contributed by atoms with E-state index in [9.17, 15) is 9.59 Å². The van der Waals surface area contributed by atoms with Crippen LogP contribution in [-0.4, -0.2) is 38.4 Å². The number of hydrazone groups is 1. The zero-order valence-corrected chi connectivity index (χ0v) is 11.9. The van der Waals surface area contributed by atoms with Gasteiger partial charge in [-0.15, -0.1) is 0 Å². The van der Waals surface area contributed by atoms with Gasteiger partial charge in [0.25, 0.3) is 5.91 Å². The molecule has 0 aromatic heterocycles. The lowest BCUT2D eigenvalue weighted by Gasteiger charge is -2.11. The summed E-state index contributed by atoms with van der Waals surface area (Å²) in [7, 11) is 1.48. The fraction of sp³-hybridized carbons (Fsp3) is 0.308. The van der Waals surface area contributed by atoms with Crippen LogP contribution in [0.15, 0.2) is 23.3 Å². The first-order valence-electron chi connectivity index (χ1n) is 6.22. The van der Waals surface area contributed by atoms with Gasteiger partial charge in [0.1, 0.15) is 0 Å². The van der Waals surface area contributed by atoms with Crippen LogP contribution in [0.2, 0.25) is 0 Å². The molecule has 0 heterocycles. The maximum absolute atomic E-state index is 11.3. The molecule has 0 fully saturated rings. The van der Waals surface area contributed by atoms with Crippen molar-refractivity contribution in [1.29, 1.82) is 0 Å². The van der Waals surface area contributed by atoms with Crippen LogP contribution in [0, 0.1) is 0 Å². The third-order valence-corrected chi connectivity index (χ3v) is 2.31. The van der Waals surface area contributed by atoms with Crippen molar-refractivity contribution in [3.8, 4) is 11.5 Å². The summed E-state index contributed by atoms with van der Waals surface area (Å²) in [5, 5.41) is 6.26. The predicted octanol–water partition coefficient (Wildman–Crippen LogP) is 0.212. The highest BCUT2D eigenvalue weighted by molar-refractivity contribution is 5.82. The fourth-order valence-electron chi connectivity index (χ4n) is 1.45. The standard InChI is InChI=1S/C13H18N4O4/c1-3-15-12(18)8-21-10-5-4-9(6-11(10)20-2)7-16-17-13(14)19/h4-7H,3,8H2,1-2H3,(H,15,18)(H3,14,17,19)/b16-7+. The van der Waals surface area contributed by atoms with Gasteiger partial charge in [-0.1, -0.05) is 0 Å². The highest BCUT2D eigenvalue weighted by Gasteiger charge is 2.07. The van der Waals surface area contributed by atoms with Crippen LogP contribution >= 0.6 is 0 Å². The smallest absolute Gasteiger partial charge is 0.332 e. The molecule has 0 saturated heterocycles. The highest BCUT2D eigenvalue weighted by atomic mass is 16.5. The van der Waals surface area contributed by atoms with Crippen molar-refractivity contribution in [3.63, 3.8) is 0 Å². The Labute approximate surface area is 122 Å². The number of carbonyl (C=O) groups is 2. The topological polar surface area (TPSA) is 115 Å². The molecule has 4 N–H and O–H groups in total. The number of carbonyl (C=O) groups excluding carboxylic acids is 2. The molecule has 0 saturated carbocycles. The Morgan fingerprint density at radius 1 is 1.38 bits per heavy atom. The van der Waals surface area contributed by atoms with E-state index in [1.807, 2.05) is 6.92 Å². The van der Waals surface area contributed by atoms with E-state index >= 15 is 0 Å². The molecule has 0 aliphatic carbocycles. The van der Waals surface area contributed by atoms with Crippen LogP contribution < -0.4 is 25.9 Å². The minimum atomic E-state index is -0.750. The number of hydrogen-bond acceptors (Lipinski definition) is 5. The molecule has 0 bridgehead atoms. The van der Waals surface area contributed by atoms with Crippen molar-refractivity contribution in [2.24, 2.45) is 10.8 Å². The maximum Gasteiger partial charge on any atom is 0.332 e. The van der Waals surface area contributed by atoms with E-state index in [0.717, 1.165) is 0 Å². The molecule has 1 aromatic carbocycles. The van der Waals surface area contributed by atoms with Gasteiger partial charge in [0.15, 0.2) is 18.1 Å². The first-order valence-corrected chi connectivity index (χ1v) is 6.22. The van der Waals surface area contributed by atoms with Gasteiger partial charge in [-0.2, -0.15) is 5.10 Å². The zero-order chi connectivity index (χ0) is 15.7. The van der Waals surface area contributed by atoms with E-state index in [2.05, 4.69) is 15.8 Å². The van der Waals surface area contributed by atoms with Crippen molar-refractivity contribution < 1.29 is 19.1 Å². The summed E-state index contributed by atoms with van der Waals surface area (Å²) in [4.78, 5) is 21.8. The molecule has 114 valence electrons. The van der Waals surface area contributed by atoms with E-state index in [1.54, 1.807) is 18.2 Å². The average molecular weight is 294 g/mol. The summed E-state index contributed by atoms with van der Waals surface area (Å²) in [6, 6.07) is 4.24. The number of hydrogen-bond donors (Lipinski definition) is 3. The van der Waals surface area contributed by atoms with E-state index in [4.69, 9.17) is 15.2 Å². The van der Waals surface area contributed by atoms with E-state index in [1.165, 1.54) is 13.3 Å². The average Bonchev–Trinajstić information content (AvgIpc) is 2.45. The Morgan fingerprint density at radius 3 is 2.76 bits per heavy atom. The van der Waals surface area contributed by atoms with Gasteiger partial charge in [-0.05, 0) is 30.7 Å². The number of primary amides is 1. The number of nitrogens with one attached hydrogen (secondary N) is 2. The Bertz CT molecular complexity index is 531. The molecule has 3 amide bonds. The van der Waals surface area contributed by atoms with E-state index < -0.39 is 6.03 Å². The lowest BCUT2D eigenvalue weighted by atomic mass is 10.2. The Kier molecular flexibility index (Phi) is 6.52. The molecule has 1 rings (SSSR count). The van der Waals surface area contributed by atoms with Crippen LogP contribution in [-0.2, 0) is 4.79 Å². The Balaban J connectivity index is 2.72. The fourth-order valence-corrected chi connectivity index (χ4v) is 1.45. The number of methoxy groups -OCH3 is 1. The molecular weight excluding hydrogens is 276 g/mol. The Morgan fingerprint density at radius 2 is 2.14 bits per heavy atom. The number of ether oxygens (including phenoxy) is 2. The zero-order valence-electron chi connectivity index (χ0n) is 11.9. The molecule has 0 aliphatic heterocycles. The summed E-state index contributed by atoms with van der Waals surface area (Å²) in [5.74, 6) is 0.668. The Hall–Kier alpha value is -2.77. The number of nitrogens with two attached hydrogens (primary N) is 1. The lowest BCUT2D eigenvalue weighted by Crippen LogP contribution is -2.28. The van der Waals surface area contributed by atoms with Crippen LogP contribution in [0.1, 0.15) is 12.5 Å². The molecule has 0 atom stereocenters. The molecule has 8 nitrogen and oxygen atoms in total. The van der Waals surface area contributed by atoms with Crippen LogP contribution in [0.25, 0.3) is 0 Å². The van der Waals surface area contributed by atoms with Crippen LogP contribution in [0.5, 0.6) is 11.5 Å². The largest absolute Gasteiger partial charge is 0.493 e. The molecule has 21 heavy (non-hydrogen) atoms. The number of benzene rings is 1. The van der Waals surface area contributed by atoms with Gasteiger partial charge in [0, 0.05) is 6.54 Å². The summed E-state index contributed by atoms with van der Waals surface area (Å²) >= 11 is 0. The second-order valence-electron chi connectivity index (χ2n) is 3.89. The molecule has 0 spiro atoms. The molecule has 0 radical (unpaired) electrons. The summed E-state index contributed by atoms with van der Waals surface area (Å²) in [6.07, 6.45) is 1.40. The minimum Gasteiger partial charge on any atom is -0.493 e. The maximum atomic E-state index is 11.3. The van der Waals surface area contributed by atoms with Gasteiger partial charge in [-0.3, -0.25) is 4.79 Å². The molecule has 1 aromatic rings. The third-order valence-electron chi connectivity index (χ3n) is 2.31. The number of urea groups is 1. The van der Waals surface area contributed by atoms with Gasteiger partial charge >= 0.3 is 6.03 Å². The predicted molar refractivity (Wildman–Crippen MR) is 77.5 cm³/mol. The molecule has 0 aliphatic rings. The molecule has 0 unspecified atom stereocenters. The molecule has 8 heteroatoms. The summed E-state index contributed by atoms with van der Waals surface area (Å²) in [6.45, 7) is 2.27. The SMILES string of the molecule is CCNC(=O)COc1ccc(/C=N/NC(N)=O)cc1OC. The van der Waals surface area contributed by atoms with Crippen molar-refractivity contribution in [2.75, 3.05) is 20.3 Å². The number of amides is 3. The first kappa shape index (κ1) is 16.3. The van der Waals surface area contributed by atoms with Gasteiger partial charge in [0.05, 0.1) is 13.3 Å². The number of likely N-dealkylation sites (N-methyl/N-ethyl adjacent to an activating group) is 1. The van der Waals surface area contributed by atoms with E-state index in [-0.39, 0.29) is 12.5 Å². The van der Waals surface area contributed by atoms with Crippen molar-refractivity contribution in [2.45, 2.75) is 6.92 Å². The first-order chi connectivity index (χ1) is 10.1. The van der Waals surface area contributed by atoms with Crippen LogP contribution in [0.4, 0.5) is 4.79 Å². The second-order valence-corrected chi connectivity index (χ2v) is 3.89. The van der Waals surface area contributed by atoms with Crippen molar-refractivity contribution in [3.05, 3.63) is 23.8 Å². The summed E-state index contributed by atoms with van der Waals surface area (Å²) < 4.78 is 10.5. The number of nitrogens with zero attached hydrogens (tertiary/aromatic N) is 1. The van der Waals surface area contributed by atoms with Gasteiger partial charge < -0.3 is 20.5 Å². The third kappa shape index (κ3) is 5.81. The normalized spacial score (nSPS) is 10.2. The quantitative estimate of drug-likeness (QED) is 0.492. The number of rotatable bonds is 7. The van der Waals surface area contributed by atoms with E-state index in [0.29, 0.717) is 23.6 Å².